The summed E-state index contributed by atoms with van der Waals surface area (Å²) in [5.74, 6) is 0.606. The summed E-state index contributed by atoms with van der Waals surface area (Å²) >= 11 is 12.8. The van der Waals surface area contributed by atoms with Gasteiger partial charge in [0.05, 0.1) is 0 Å². The number of rotatable bonds is 8. The largest absolute Gasteiger partial charge is 0.484 e. The maximum atomic E-state index is 12.0. The normalized spacial score (nSPS) is 10.3. The lowest BCUT2D eigenvalue weighted by Crippen LogP contribution is -2.21. The first kappa shape index (κ1) is 20.9. The van der Waals surface area contributed by atoms with Crippen molar-refractivity contribution in [3.8, 4) is 11.5 Å². The van der Waals surface area contributed by atoms with Crippen LogP contribution in [0.15, 0.2) is 53.9 Å². The molecule has 10 heteroatoms. The van der Waals surface area contributed by atoms with Gasteiger partial charge in [0, 0.05) is 15.4 Å². The fraction of sp³-hybridized carbons (Fsp3) is 0.105. The van der Waals surface area contributed by atoms with Crippen LogP contribution in [0.25, 0.3) is 0 Å². The molecule has 0 atom stereocenters. The zero-order valence-electron chi connectivity index (χ0n) is 14.9. The topological polar surface area (TPSA) is 89.6 Å². The summed E-state index contributed by atoms with van der Waals surface area (Å²) < 4.78 is 10.7. The minimum absolute atomic E-state index is 0.183. The van der Waals surface area contributed by atoms with Gasteiger partial charge in [-0.25, -0.2) is 4.98 Å². The van der Waals surface area contributed by atoms with Gasteiger partial charge in [-0.05, 0) is 48.5 Å². The van der Waals surface area contributed by atoms with Crippen LogP contribution in [-0.4, -0.2) is 30.0 Å². The summed E-state index contributed by atoms with van der Waals surface area (Å²) in [5, 5.41) is 8.30. The van der Waals surface area contributed by atoms with Crippen molar-refractivity contribution >= 4 is 57.3 Å². The van der Waals surface area contributed by atoms with Crippen molar-refractivity contribution in [2.75, 3.05) is 23.8 Å². The number of halogens is 2. The average molecular weight is 452 g/mol. The molecule has 0 spiro atoms. The molecule has 0 aliphatic carbocycles. The third-order valence-electron chi connectivity index (χ3n) is 3.39. The highest BCUT2D eigenvalue weighted by Crippen LogP contribution is 2.20. The number of amides is 2. The zero-order chi connectivity index (χ0) is 20.6. The number of thiazole rings is 1. The highest BCUT2D eigenvalue weighted by atomic mass is 35.5. The molecule has 0 unspecified atom stereocenters. The van der Waals surface area contributed by atoms with Crippen molar-refractivity contribution in [3.05, 3.63) is 64.0 Å². The summed E-state index contributed by atoms with van der Waals surface area (Å²) in [6, 6.07) is 13.3. The highest BCUT2D eigenvalue weighted by molar-refractivity contribution is 7.14. The van der Waals surface area contributed by atoms with Crippen LogP contribution in [0.1, 0.15) is 0 Å². The molecule has 0 aliphatic heterocycles. The lowest BCUT2D eigenvalue weighted by molar-refractivity contribution is -0.118. The number of ether oxygens (including phenoxy) is 2. The molecule has 7 nitrogen and oxygen atoms in total. The van der Waals surface area contributed by atoms with E-state index in [0.717, 1.165) is 0 Å². The quantitative estimate of drug-likeness (QED) is 0.526. The standard InChI is InChI=1S/C19H15Cl2N3O4S/c20-12-1-5-14(6-2-12)27-9-17(25)22-16-11-29-19(23-16)24-18(26)10-28-15-7-3-13(21)4-8-15/h1-8,11H,9-10H2,(H,22,25)(H,23,24,26). The Morgan fingerprint density at radius 1 is 0.828 bits per heavy atom. The molecule has 0 aliphatic rings. The van der Waals surface area contributed by atoms with Crippen LogP contribution in [0.3, 0.4) is 0 Å². The molecule has 2 amide bonds. The van der Waals surface area contributed by atoms with Crippen molar-refractivity contribution in [1.29, 1.82) is 0 Å². The molecule has 0 fully saturated rings. The monoisotopic (exact) mass is 451 g/mol. The maximum Gasteiger partial charge on any atom is 0.264 e. The molecule has 3 rings (SSSR count). The Morgan fingerprint density at radius 2 is 1.31 bits per heavy atom. The van der Waals surface area contributed by atoms with E-state index in [1.165, 1.54) is 11.3 Å². The minimum atomic E-state index is -0.380. The van der Waals surface area contributed by atoms with E-state index in [2.05, 4.69) is 15.6 Å². The molecule has 0 bridgehead atoms. The van der Waals surface area contributed by atoms with E-state index in [-0.39, 0.29) is 25.0 Å². The molecule has 2 N–H and O–H groups in total. The van der Waals surface area contributed by atoms with Crippen LogP contribution in [0.2, 0.25) is 10.0 Å². The smallest absolute Gasteiger partial charge is 0.264 e. The molecule has 29 heavy (non-hydrogen) atoms. The van der Waals surface area contributed by atoms with E-state index in [9.17, 15) is 9.59 Å². The molecule has 1 aromatic heterocycles. The van der Waals surface area contributed by atoms with Gasteiger partial charge in [0.2, 0.25) is 0 Å². The summed E-state index contributed by atoms with van der Waals surface area (Å²) in [6.45, 7) is -0.367. The number of hydrogen-bond donors (Lipinski definition) is 2. The molecule has 3 aromatic rings. The predicted molar refractivity (Wildman–Crippen MR) is 113 cm³/mol. The van der Waals surface area contributed by atoms with Gasteiger partial charge in [-0.15, -0.1) is 11.3 Å². The first-order valence-electron chi connectivity index (χ1n) is 8.30. The van der Waals surface area contributed by atoms with Gasteiger partial charge in [0.15, 0.2) is 18.3 Å². The van der Waals surface area contributed by atoms with Crippen molar-refractivity contribution < 1.29 is 19.1 Å². The third-order valence-corrected chi connectivity index (χ3v) is 4.65. The lowest BCUT2D eigenvalue weighted by Gasteiger charge is -2.06. The van der Waals surface area contributed by atoms with E-state index in [1.807, 2.05) is 0 Å². The molecular formula is C19H15Cl2N3O4S. The van der Waals surface area contributed by atoms with E-state index < -0.39 is 0 Å². The Hall–Kier alpha value is -2.81. The van der Waals surface area contributed by atoms with Gasteiger partial charge in [-0.3, -0.25) is 14.9 Å². The minimum Gasteiger partial charge on any atom is -0.484 e. The summed E-state index contributed by atoms with van der Waals surface area (Å²) in [5.41, 5.74) is 0. The summed E-state index contributed by atoms with van der Waals surface area (Å²) in [6.07, 6.45) is 0. The van der Waals surface area contributed by atoms with Gasteiger partial charge >= 0.3 is 0 Å². The fourth-order valence-corrected chi connectivity index (χ4v) is 2.99. The number of benzene rings is 2. The van der Waals surface area contributed by atoms with Crippen LogP contribution in [0.5, 0.6) is 11.5 Å². The number of carbonyl (C=O) groups excluding carboxylic acids is 2. The Balaban J connectivity index is 1.42. The molecular weight excluding hydrogens is 437 g/mol. The Bertz CT molecular complexity index is 900. The average Bonchev–Trinajstić information content (AvgIpc) is 3.13. The number of carbonyl (C=O) groups is 2. The van der Waals surface area contributed by atoms with Crippen LogP contribution >= 0.6 is 34.5 Å². The van der Waals surface area contributed by atoms with Crippen molar-refractivity contribution in [1.82, 2.24) is 4.98 Å². The second-order valence-corrected chi connectivity index (χ2v) is 7.35. The fourth-order valence-electron chi connectivity index (χ4n) is 2.08. The first-order valence-corrected chi connectivity index (χ1v) is 9.93. The zero-order valence-corrected chi connectivity index (χ0v) is 17.2. The van der Waals surface area contributed by atoms with Gasteiger partial charge in [-0.2, -0.15) is 0 Å². The number of anilines is 2. The first-order chi connectivity index (χ1) is 14.0. The molecule has 2 aromatic carbocycles. The second-order valence-electron chi connectivity index (χ2n) is 5.62. The number of aromatic nitrogens is 1. The highest BCUT2D eigenvalue weighted by Gasteiger charge is 2.10. The van der Waals surface area contributed by atoms with Crippen LogP contribution in [-0.2, 0) is 9.59 Å². The van der Waals surface area contributed by atoms with E-state index in [1.54, 1.807) is 53.9 Å². The molecule has 0 saturated heterocycles. The molecule has 0 radical (unpaired) electrons. The SMILES string of the molecule is O=C(COc1ccc(Cl)cc1)Nc1csc(NC(=O)COc2ccc(Cl)cc2)n1. The third kappa shape index (κ3) is 6.94. The van der Waals surface area contributed by atoms with Crippen molar-refractivity contribution in [3.63, 3.8) is 0 Å². The van der Waals surface area contributed by atoms with Crippen LogP contribution < -0.4 is 20.1 Å². The molecule has 1 heterocycles. The molecule has 0 saturated carbocycles. The molecule has 150 valence electrons. The van der Waals surface area contributed by atoms with E-state index in [0.29, 0.717) is 32.5 Å². The second kappa shape index (κ2) is 10.1. The Morgan fingerprint density at radius 3 is 1.83 bits per heavy atom. The summed E-state index contributed by atoms with van der Waals surface area (Å²) in [4.78, 5) is 28.0. The predicted octanol–water partition coefficient (Wildman–Crippen LogP) is 4.48. The van der Waals surface area contributed by atoms with Gasteiger partial charge < -0.3 is 14.8 Å². The van der Waals surface area contributed by atoms with Crippen molar-refractivity contribution in [2.24, 2.45) is 0 Å². The number of nitrogens with zero attached hydrogens (tertiary/aromatic N) is 1. The van der Waals surface area contributed by atoms with Gasteiger partial charge in [0.1, 0.15) is 17.3 Å². The Labute approximate surface area is 180 Å². The summed E-state index contributed by atoms with van der Waals surface area (Å²) in [7, 11) is 0. The lowest BCUT2D eigenvalue weighted by atomic mass is 10.3. The number of nitrogens with one attached hydrogen (secondary N) is 2. The van der Waals surface area contributed by atoms with E-state index >= 15 is 0 Å². The van der Waals surface area contributed by atoms with E-state index in [4.69, 9.17) is 32.7 Å². The maximum absolute atomic E-state index is 12.0. The van der Waals surface area contributed by atoms with Gasteiger partial charge in [0.25, 0.3) is 11.8 Å². The van der Waals surface area contributed by atoms with Crippen LogP contribution in [0.4, 0.5) is 10.9 Å². The van der Waals surface area contributed by atoms with Crippen LogP contribution in [0, 0.1) is 0 Å². The number of hydrogen-bond acceptors (Lipinski definition) is 6. The van der Waals surface area contributed by atoms with Gasteiger partial charge in [-0.1, -0.05) is 23.2 Å². The van der Waals surface area contributed by atoms with Crippen molar-refractivity contribution in [2.45, 2.75) is 0 Å². The Kier molecular flexibility index (Phi) is 7.29.